The van der Waals surface area contributed by atoms with Crippen LogP contribution < -0.4 is 10.1 Å². The fourth-order valence-corrected chi connectivity index (χ4v) is 1.74. The van der Waals surface area contributed by atoms with Crippen molar-refractivity contribution in [1.29, 1.82) is 0 Å². The molecule has 0 radical (unpaired) electrons. The lowest BCUT2D eigenvalue weighted by molar-refractivity contribution is 0.412. The molecule has 80 valence electrons. The van der Waals surface area contributed by atoms with E-state index in [1.54, 1.807) is 7.11 Å². The lowest BCUT2D eigenvalue weighted by Gasteiger charge is -2.03. The Labute approximate surface area is 92.8 Å². The summed E-state index contributed by atoms with van der Waals surface area (Å²) in [7, 11) is 3.51. The number of pyridine rings is 1. The minimum absolute atomic E-state index is 0.517. The van der Waals surface area contributed by atoms with Crippen molar-refractivity contribution in [3.05, 3.63) is 29.3 Å². The summed E-state index contributed by atoms with van der Waals surface area (Å²) in [6.45, 7) is 0.668. The van der Waals surface area contributed by atoms with Crippen LogP contribution in [0.4, 0.5) is 0 Å². The maximum Gasteiger partial charge on any atom is 0.155 e. The Balaban J connectivity index is 2.60. The lowest BCUT2D eigenvalue weighted by atomic mass is 10.4. The van der Waals surface area contributed by atoms with Crippen LogP contribution in [0.2, 0.25) is 5.15 Å². The number of rotatable bonds is 3. The van der Waals surface area contributed by atoms with E-state index in [0.717, 1.165) is 17.1 Å². The molecule has 2 heterocycles. The van der Waals surface area contributed by atoms with E-state index in [9.17, 15) is 0 Å². The van der Waals surface area contributed by atoms with Gasteiger partial charge in [0.05, 0.1) is 25.4 Å². The average molecular weight is 226 g/mol. The van der Waals surface area contributed by atoms with Crippen molar-refractivity contribution >= 4 is 17.1 Å². The SMILES string of the molecule is CNCc1nc(Cl)c2ccc(OC)cn12. The summed E-state index contributed by atoms with van der Waals surface area (Å²) in [5, 5.41) is 3.56. The second-order valence-electron chi connectivity index (χ2n) is 3.17. The number of hydrogen-bond donors (Lipinski definition) is 1. The molecule has 2 aromatic heterocycles. The smallest absolute Gasteiger partial charge is 0.155 e. The summed E-state index contributed by atoms with van der Waals surface area (Å²) in [4.78, 5) is 4.27. The largest absolute Gasteiger partial charge is 0.495 e. The van der Waals surface area contributed by atoms with Crippen LogP contribution in [-0.4, -0.2) is 23.5 Å². The van der Waals surface area contributed by atoms with Crippen LogP contribution in [0.25, 0.3) is 5.52 Å². The van der Waals surface area contributed by atoms with Crippen molar-refractivity contribution in [2.45, 2.75) is 6.54 Å². The van der Waals surface area contributed by atoms with Crippen LogP contribution in [0.5, 0.6) is 5.75 Å². The number of methoxy groups -OCH3 is 1. The average Bonchev–Trinajstić information content (AvgIpc) is 2.56. The predicted octanol–water partition coefficient (Wildman–Crippen LogP) is 1.72. The molecule has 0 saturated heterocycles. The van der Waals surface area contributed by atoms with Crippen molar-refractivity contribution in [2.24, 2.45) is 0 Å². The highest BCUT2D eigenvalue weighted by molar-refractivity contribution is 6.32. The van der Waals surface area contributed by atoms with E-state index in [2.05, 4.69) is 10.3 Å². The number of ether oxygens (including phenoxy) is 1. The normalized spacial score (nSPS) is 10.9. The van der Waals surface area contributed by atoms with Crippen molar-refractivity contribution in [3.8, 4) is 5.75 Å². The van der Waals surface area contributed by atoms with E-state index in [0.29, 0.717) is 11.7 Å². The Bertz CT molecular complexity index is 481. The molecule has 0 aliphatic carbocycles. The third-order valence-electron chi connectivity index (χ3n) is 2.21. The van der Waals surface area contributed by atoms with E-state index in [-0.39, 0.29) is 0 Å². The van der Waals surface area contributed by atoms with E-state index >= 15 is 0 Å². The molecule has 0 bridgehead atoms. The minimum Gasteiger partial charge on any atom is -0.495 e. The Morgan fingerprint density at radius 1 is 1.53 bits per heavy atom. The van der Waals surface area contributed by atoms with E-state index in [1.807, 2.05) is 29.8 Å². The lowest BCUT2D eigenvalue weighted by Crippen LogP contribution is -2.08. The molecule has 0 aromatic carbocycles. The van der Waals surface area contributed by atoms with Gasteiger partial charge in [-0.2, -0.15) is 0 Å². The standard InChI is InChI=1S/C10H12ClN3O/c1-12-5-9-13-10(11)8-4-3-7(15-2)6-14(8)9/h3-4,6,12H,5H2,1-2H3. The summed E-state index contributed by atoms with van der Waals surface area (Å²) >= 11 is 6.01. The Hall–Kier alpha value is -1.26. The van der Waals surface area contributed by atoms with Crippen molar-refractivity contribution in [1.82, 2.24) is 14.7 Å². The molecule has 5 heteroatoms. The van der Waals surface area contributed by atoms with E-state index < -0.39 is 0 Å². The molecule has 15 heavy (non-hydrogen) atoms. The fourth-order valence-electron chi connectivity index (χ4n) is 1.49. The number of nitrogens with one attached hydrogen (secondary N) is 1. The minimum atomic E-state index is 0.517. The Morgan fingerprint density at radius 2 is 2.33 bits per heavy atom. The highest BCUT2D eigenvalue weighted by Crippen LogP contribution is 2.21. The summed E-state index contributed by atoms with van der Waals surface area (Å²) < 4.78 is 7.08. The van der Waals surface area contributed by atoms with Crippen LogP contribution in [0.1, 0.15) is 5.82 Å². The first kappa shape index (κ1) is 10.3. The first-order chi connectivity index (χ1) is 7.26. The summed E-state index contributed by atoms with van der Waals surface area (Å²) in [6.07, 6.45) is 1.88. The number of halogens is 1. The molecule has 1 N–H and O–H groups in total. The van der Waals surface area contributed by atoms with Gasteiger partial charge in [-0.25, -0.2) is 4.98 Å². The first-order valence-corrected chi connectivity index (χ1v) is 4.99. The molecular weight excluding hydrogens is 214 g/mol. The number of fused-ring (bicyclic) bond motifs is 1. The van der Waals surface area contributed by atoms with Crippen molar-refractivity contribution in [2.75, 3.05) is 14.2 Å². The van der Waals surface area contributed by atoms with Crippen LogP contribution in [0, 0.1) is 0 Å². The Kier molecular flexibility index (Phi) is 2.79. The molecule has 0 aliphatic heterocycles. The van der Waals surface area contributed by atoms with Gasteiger partial charge in [0.2, 0.25) is 0 Å². The van der Waals surface area contributed by atoms with E-state index in [4.69, 9.17) is 16.3 Å². The van der Waals surface area contributed by atoms with Crippen LogP contribution >= 0.6 is 11.6 Å². The molecule has 2 rings (SSSR count). The molecule has 0 atom stereocenters. The monoisotopic (exact) mass is 225 g/mol. The quantitative estimate of drug-likeness (QED) is 0.865. The fraction of sp³-hybridized carbons (Fsp3) is 0.300. The Morgan fingerprint density at radius 3 is 3.00 bits per heavy atom. The first-order valence-electron chi connectivity index (χ1n) is 4.61. The molecule has 0 unspecified atom stereocenters. The zero-order valence-electron chi connectivity index (χ0n) is 8.62. The molecule has 0 aliphatic rings. The van der Waals surface area contributed by atoms with Gasteiger partial charge in [0.25, 0.3) is 0 Å². The maximum atomic E-state index is 6.01. The molecule has 4 nitrogen and oxygen atoms in total. The summed E-state index contributed by atoms with van der Waals surface area (Å²) in [5.74, 6) is 1.66. The number of nitrogens with zero attached hydrogens (tertiary/aromatic N) is 2. The third kappa shape index (κ3) is 1.78. The highest BCUT2D eigenvalue weighted by atomic mass is 35.5. The molecule has 0 spiro atoms. The second-order valence-corrected chi connectivity index (χ2v) is 3.53. The van der Waals surface area contributed by atoms with Gasteiger partial charge in [0.1, 0.15) is 11.6 Å². The van der Waals surface area contributed by atoms with Gasteiger partial charge >= 0.3 is 0 Å². The summed E-state index contributed by atoms with van der Waals surface area (Å²) in [6, 6.07) is 3.76. The van der Waals surface area contributed by atoms with Gasteiger partial charge in [-0.15, -0.1) is 0 Å². The van der Waals surface area contributed by atoms with Gasteiger partial charge in [-0.05, 0) is 19.2 Å². The number of hydrogen-bond acceptors (Lipinski definition) is 3. The second kappa shape index (κ2) is 4.08. The highest BCUT2D eigenvalue weighted by Gasteiger charge is 2.08. The van der Waals surface area contributed by atoms with E-state index in [1.165, 1.54) is 0 Å². The van der Waals surface area contributed by atoms with Crippen LogP contribution in [-0.2, 0) is 6.54 Å². The molecule has 0 amide bonds. The molecule has 0 saturated carbocycles. The van der Waals surface area contributed by atoms with Crippen LogP contribution in [0.3, 0.4) is 0 Å². The van der Waals surface area contributed by atoms with Crippen molar-refractivity contribution < 1.29 is 4.74 Å². The summed E-state index contributed by atoms with van der Waals surface area (Å²) in [5.41, 5.74) is 0.891. The zero-order valence-corrected chi connectivity index (χ0v) is 9.38. The van der Waals surface area contributed by atoms with Crippen LogP contribution in [0.15, 0.2) is 18.3 Å². The molecular formula is C10H12ClN3O. The van der Waals surface area contributed by atoms with Crippen molar-refractivity contribution in [3.63, 3.8) is 0 Å². The van der Waals surface area contributed by atoms with Gasteiger partial charge in [0, 0.05) is 0 Å². The predicted molar refractivity (Wildman–Crippen MR) is 59.5 cm³/mol. The van der Waals surface area contributed by atoms with Gasteiger partial charge < -0.3 is 10.1 Å². The zero-order chi connectivity index (χ0) is 10.8. The van der Waals surface area contributed by atoms with Gasteiger partial charge in [-0.3, -0.25) is 4.40 Å². The maximum absolute atomic E-state index is 6.01. The topological polar surface area (TPSA) is 38.6 Å². The van der Waals surface area contributed by atoms with Gasteiger partial charge in [0.15, 0.2) is 5.15 Å². The molecule has 0 fully saturated rings. The number of imidazole rings is 1. The van der Waals surface area contributed by atoms with Gasteiger partial charge in [-0.1, -0.05) is 11.6 Å². The third-order valence-corrected chi connectivity index (χ3v) is 2.49. The number of aromatic nitrogens is 2. The molecule has 2 aromatic rings.